The van der Waals surface area contributed by atoms with Crippen molar-refractivity contribution in [3.8, 4) is 0 Å². The van der Waals surface area contributed by atoms with Crippen LogP contribution in [0.1, 0.15) is 6.42 Å². The number of nitrogens with zero attached hydrogens (tertiary/aromatic N) is 2. The van der Waals surface area contributed by atoms with Crippen molar-refractivity contribution in [1.29, 1.82) is 0 Å². The average Bonchev–Trinajstić information content (AvgIpc) is 1.88. The van der Waals surface area contributed by atoms with E-state index in [0.29, 0.717) is 5.71 Å². The first kappa shape index (κ1) is 8.07. The van der Waals surface area contributed by atoms with Crippen molar-refractivity contribution in [2.45, 2.75) is 6.42 Å². The third-order valence-corrected chi connectivity index (χ3v) is 0.795. The molecule has 0 saturated carbocycles. The molecule has 0 amide bonds. The fraction of sp³-hybridized carbons (Fsp3) is 0.600. The molecule has 0 aliphatic carbocycles. The van der Waals surface area contributed by atoms with Gasteiger partial charge in [-0.25, -0.2) is 0 Å². The van der Waals surface area contributed by atoms with Crippen LogP contribution in [0.2, 0.25) is 0 Å². The van der Waals surface area contributed by atoms with E-state index in [2.05, 4.69) is 10.1 Å². The Kier molecular flexibility index (Phi) is 4.67. The molecule has 3 nitrogen and oxygen atoms in total. The van der Waals surface area contributed by atoms with Crippen molar-refractivity contribution < 1.29 is 4.39 Å². The van der Waals surface area contributed by atoms with Gasteiger partial charge in [0, 0.05) is 19.7 Å². The minimum absolute atomic E-state index is 0.244. The summed E-state index contributed by atoms with van der Waals surface area (Å²) in [5, 5.41) is 3.29. The molecule has 0 aliphatic heterocycles. The lowest BCUT2D eigenvalue weighted by Gasteiger charge is -1.90. The summed E-state index contributed by atoms with van der Waals surface area (Å²) in [6, 6.07) is 0. The molecule has 0 aromatic heterocycles. The fourth-order valence-electron chi connectivity index (χ4n) is 0.408. The SMILES string of the molecule is CN=CC(CCF)=NN. The smallest absolute Gasteiger partial charge is 0.0951 e. The molecule has 0 saturated heterocycles. The molecule has 0 bridgehead atoms. The Labute approximate surface area is 53.5 Å². The number of halogens is 1. The van der Waals surface area contributed by atoms with Gasteiger partial charge in [0.2, 0.25) is 0 Å². The summed E-state index contributed by atoms with van der Waals surface area (Å²) in [6.07, 6.45) is 1.69. The zero-order chi connectivity index (χ0) is 7.11. The number of alkyl halides is 1. The number of nitrogens with two attached hydrogens (primary N) is 1. The van der Waals surface area contributed by atoms with Crippen molar-refractivity contribution in [3.05, 3.63) is 0 Å². The summed E-state index contributed by atoms with van der Waals surface area (Å²) in [6.45, 7) is -0.442. The van der Waals surface area contributed by atoms with Crippen LogP contribution in [0.3, 0.4) is 0 Å². The molecule has 0 heterocycles. The van der Waals surface area contributed by atoms with Gasteiger partial charge in [-0.3, -0.25) is 9.38 Å². The number of aliphatic imine (C=N–C) groups is 1. The maximum atomic E-state index is 11.6. The standard InChI is InChI=1S/C5H10FN3/c1-8-4-5(9-7)2-3-6/h4H,2-3,7H2,1H3. The Morgan fingerprint density at radius 3 is 2.78 bits per heavy atom. The minimum Gasteiger partial charge on any atom is -0.323 e. The van der Waals surface area contributed by atoms with Gasteiger partial charge in [-0.05, 0) is 0 Å². The first-order chi connectivity index (χ1) is 4.35. The van der Waals surface area contributed by atoms with E-state index in [1.165, 1.54) is 6.21 Å². The topological polar surface area (TPSA) is 50.7 Å². The second kappa shape index (κ2) is 5.21. The third-order valence-electron chi connectivity index (χ3n) is 0.795. The number of hydrazone groups is 1. The van der Waals surface area contributed by atoms with Gasteiger partial charge in [0.1, 0.15) is 0 Å². The van der Waals surface area contributed by atoms with E-state index >= 15 is 0 Å². The molecule has 2 N–H and O–H groups in total. The lowest BCUT2D eigenvalue weighted by atomic mass is 10.3. The van der Waals surface area contributed by atoms with Crippen LogP contribution >= 0.6 is 0 Å². The van der Waals surface area contributed by atoms with Crippen molar-refractivity contribution in [2.24, 2.45) is 15.9 Å². The number of hydrogen-bond acceptors (Lipinski definition) is 3. The lowest BCUT2D eigenvalue weighted by molar-refractivity contribution is 0.509. The van der Waals surface area contributed by atoms with Crippen LogP contribution in [0.15, 0.2) is 10.1 Å². The minimum atomic E-state index is -0.442. The van der Waals surface area contributed by atoms with Gasteiger partial charge < -0.3 is 5.84 Å². The quantitative estimate of drug-likeness (QED) is 0.335. The summed E-state index contributed by atoms with van der Waals surface area (Å²) >= 11 is 0. The van der Waals surface area contributed by atoms with Crippen LogP contribution in [0, 0.1) is 0 Å². The van der Waals surface area contributed by atoms with E-state index in [0.717, 1.165) is 0 Å². The van der Waals surface area contributed by atoms with Gasteiger partial charge in [0.05, 0.1) is 12.4 Å². The van der Waals surface area contributed by atoms with Crippen molar-refractivity contribution in [3.63, 3.8) is 0 Å². The molecule has 0 unspecified atom stereocenters. The normalized spacial score (nSPS) is 12.9. The molecule has 52 valence electrons. The molecule has 9 heavy (non-hydrogen) atoms. The fourth-order valence-corrected chi connectivity index (χ4v) is 0.408. The average molecular weight is 131 g/mol. The maximum Gasteiger partial charge on any atom is 0.0951 e. The predicted molar refractivity (Wildman–Crippen MR) is 36.6 cm³/mol. The first-order valence-electron chi connectivity index (χ1n) is 2.60. The molecule has 0 aromatic carbocycles. The Balaban J connectivity index is 3.70. The molecule has 0 spiro atoms. The molecule has 0 radical (unpaired) electrons. The first-order valence-corrected chi connectivity index (χ1v) is 2.60. The second-order valence-electron chi connectivity index (χ2n) is 1.45. The summed E-state index contributed by atoms with van der Waals surface area (Å²) in [7, 11) is 1.59. The van der Waals surface area contributed by atoms with E-state index in [-0.39, 0.29) is 6.42 Å². The third kappa shape index (κ3) is 3.64. The summed E-state index contributed by atoms with van der Waals surface area (Å²) in [4.78, 5) is 3.62. The van der Waals surface area contributed by atoms with Gasteiger partial charge in [-0.15, -0.1) is 0 Å². The Hall–Kier alpha value is -0.930. The van der Waals surface area contributed by atoms with Crippen molar-refractivity contribution in [1.82, 2.24) is 0 Å². The van der Waals surface area contributed by atoms with E-state index in [9.17, 15) is 4.39 Å². The van der Waals surface area contributed by atoms with Crippen LogP contribution in [-0.2, 0) is 0 Å². The molecule has 4 heteroatoms. The zero-order valence-corrected chi connectivity index (χ0v) is 5.34. The maximum absolute atomic E-state index is 11.6. The second-order valence-corrected chi connectivity index (χ2v) is 1.45. The Morgan fingerprint density at radius 1 is 1.78 bits per heavy atom. The number of rotatable bonds is 3. The lowest BCUT2D eigenvalue weighted by Crippen LogP contribution is -2.04. The largest absolute Gasteiger partial charge is 0.323 e. The van der Waals surface area contributed by atoms with Crippen LogP contribution < -0.4 is 5.84 Å². The van der Waals surface area contributed by atoms with Gasteiger partial charge >= 0.3 is 0 Å². The Bertz CT molecular complexity index is 119. The highest BCUT2D eigenvalue weighted by Gasteiger charge is 1.91. The van der Waals surface area contributed by atoms with Crippen molar-refractivity contribution in [2.75, 3.05) is 13.7 Å². The van der Waals surface area contributed by atoms with Crippen LogP contribution in [0.25, 0.3) is 0 Å². The molecule has 0 atom stereocenters. The summed E-state index contributed by atoms with van der Waals surface area (Å²) < 4.78 is 11.6. The van der Waals surface area contributed by atoms with E-state index < -0.39 is 6.67 Å². The summed E-state index contributed by atoms with van der Waals surface area (Å²) in [5.74, 6) is 4.87. The van der Waals surface area contributed by atoms with Crippen LogP contribution in [0.4, 0.5) is 4.39 Å². The molecule has 0 fully saturated rings. The monoisotopic (exact) mass is 131 g/mol. The summed E-state index contributed by atoms with van der Waals surface area (Å²) in [5.41, 5.74) is 0.486. The van der Waals surface area contributed by atoms with E-state index in [1.54, 1.807) is 7.05 Å². The van der Waals surface area contributed by atoms with Gasteiger partial charge in [0.25, 0.3) is 0 Å². The molecular weight excluding hydrogens is 121 g/mol. The molecule has 0 aromatic rings. The zero-order valence-electron chi connectivity index (χ0n) is 5.34. The molecule has 0 aliphatic rings. The predicted octanol–water partition coefficient (Wildman–Crippen LogP) is 0.361. The van der Waals surface area contributed by atoms with E-state index in [1.807, 2.05) is 0 Å². The highest BCUT2D eigenvalue weighted by molar-refractivity contribution is 6.30. The highest BCUT2D eigenvalue weighted by Crippen LogP contribution is 1.82. The van der Waals surface area contributed by atoms with Gasteiger partial charge in [-0.1, -0.05) is 0 Å². The molecular formula is C5H10FN3. The Morgan fingerprint density at radius 2 is 2.44 bits per heavy atom. The highest BCUT2D eigenvalue weighted by atomic mass is 19.1. The molecule has 0 rings (SSSR count). The van der Waals surface area contributed by atoms with Crippen molar-refractivity contribution >= 4 is 11.9 Å². The van der Waals surface area contributed by atoms with E-state index in [4.69, 9.17) is 5.84 Å². The van der Waals surface area contributed by atoms with Crippen LogP contribution in [0.5, 0.6) is 0 Å². The van der Waals surface area contributed by atoms with Gasteiger partial charge in [0.15, 0.2) is 0 Å². The van der Waals surface area contributed by atoms with Gasteiger partial charge in [-0.2, -0.15) is 5.10 Å². The number of hydrogen-bond donors (Lipinski definition) is 1. The van der Waals surface area contributed by atoms with Crippen LogP contribution in [-0.4, -0.2) is 25.6 Å².